The van der Waals surface area contributed by atoms with Crippen molar-refractivity contribution in [2.45, 2.75) is 0 Å². The van der Waals surface area contributed by atoms with Crippen LogP contribution in [0.2, 0.25) is 0 Å². The molecule has 2 aromatic rings. The molecular formula is C18H12F2N2O. The Morgan fingerprint density at radius 1 is 1.13 bits per heavy atom. The van der Waals surface area contributed by atoms with E-state index in [1.165, 1.54) is 6.08 Å². The van der Waals surface area contributed by atoms with E-state index in [0.717, 1.165) is 17.7 Å². The smallest absolute Gasteiger partial charge is 0.266 e. The van der Waals surface area contributed by atoms with Gasteiger partial charge in [-0.2, -0.15) is 5.26 Å². The molecule has 0 radical (unpaired) electrons. The van der Waals surface area contributed by atoms with Gasteiger partial charge >= 0.3 is 0 Å². The first-order valence-electron chi connectivity index (χ1n) is 6.70. The fourth-order valence-corrected chi connectivity index (χ4v) is 1.76. The Kier molecular flexibility index (Phi) is 5.37. The normalized spacial score (nSPS) is 11.3. The maximum Gasteiger partial charge on any atom is 0.266 e. The van der Waals surface area contributed by atoms with Crippen LogP contribution in [0.1, 0.15) is 5.56 Å². The highest BCUT2D eigenvalue weighted by molar-refractivity contribution is 6.06. The van der Waals surface area contributed by atoms with Crippen molar-refractivity contribution < 1.29 is 13.6 Å². The fourth-order valence-electron chi connectivity index (χ4n) is 1.76. The molecule has 2 rings (SSSR count). The molecule has 0 aromatic heterocycles. The number of hydrogen-bond acceptors (Lipinski definition) is 2. The van der Waals surface area contributed by atoms with Crippen molar-refractivity contribution in [1.29, 1.82) is 5.26 Å². The van der Waals surface area contributed by atoms with Crippen molar-refractivity contribution in [1.82, 2.24) is 0 Å². The molecule has 0 spiro atoms. The number of anilines is 1. The lowest BCUT2D eigenvalue weighted by Gasteiger charge is -2.05. The Morgan fingerprint density at radius 3 is 2.52 bits per heavy atom. The van der Waals surface area contributed by atoms with Gasteiger partial charge in [0.1, 0.15) is 23.3 Å². The lowest BCUT2D eigenvalue weighted by Crippen LogP contribution is -2.14. The molecule has 0 saturated carbocycles. The van der Waals surface area contributed by atoms with Gasteiger partial charge in [0.15, 0.2) is 0 Å². The SMILES string of the molecule is N#C/C(=C\C=C\c1ccccc1)C(=O)Nc1ccc(F)cc1F. The fraction of sp³-hybridized carbons (Fsp3) is 0. The van der Waals surface area contributed by atoms with Crippen LogP contribution in [-0.2, 0) is 4.79 Å². The molecule has 0 heterocycles. The number of hydrogen-bond donors (Lipinski definition) is 1. The third-order valence-corrected chi connectivity index (χ3v) is 2.90. The Morgan fingerprint density at radius 2 is 1.87 bits per heavy atom. The lowest BCUT2D eigenvalue weighted by atomic mass is 10.2. The minimum absolute atomic E-state index is 0.190. The van der Waals surface area contributed by atoms with Gasteiger partial charge < -0.3 is 5.32 Å². The molecule has 0 fully saturated rings. The molecule has 0 aliphatic rings. The highest BCUT2D eigenvalue weighted by Gasteiger charge is 2.11. The van der Waals surface area contributed by atoms with Gasteiger partial charge in [-0.1, -0.05) is 42.5 Å². The minimum Gasteiger partial charge on any atom is -0.319 e. The number of nitrogens with zero attached hydrogens (tertiary/aromatic N) is 1. The van der Waals surface area contributed by atoms with Crippen LogP contribution in [0, 0.1) is 23.0 Å². The summed E-state index contributed by atoms with van der Waals surface area (Å²) >= 11 is 0. The topological polar surface area (TPSA) is 52.9 Å². The summed E-state index contributed by atoms with van der Waals surface area (Å²) in [5.41, 5.74) is 0.525. The van der Waals surface area contributed by atoms with E-state index < -0.39 is 17.5 Å². The van der Waals surface area contributed by atoms with Gasteiger partial charge in [-0.05, 0) is 23.8 Å². The first-order chi connectivity index (χ1) is 11.1. The quantitative estimate of drug-likeness (QED) is 0.526. The maximum atomic E-state index is 13.5. The van der Waals surface area contributed by atoms with Crippen molar-refractivity contribution in [3.05, 3.63) is 83.5 Å². The van der Waals surface area contributed by atoms with E-state index in [9.17, 15) is 13.6 Å². The highest BCUT2D eigenvalue weighted by Crippen LogP contribution is 2.15. The highest BCUT2D eigenvalue weighted by atomic mass is 19.1. The van der Waals surface area contributed by atoms with Gasteiger partial charge in [0.25, 0.3) is 5.91 Å². The number of carbonyl (C=O) groups is 1. The monoisotopic (exact) mass is 310 g/mol. The molecule has 5 heteroatoms. The second-order valence-corrected chi connectivity index (χ2v) is 4.54. The largest absolute Gasteiger partial charge is 0.319 e. The van der Waals surface area contributed by atoms with Crippen molar-refractivity contribution in [3.63, 3.8) is 0 Å². The zero-order valence-corrected chi connectivity index (χ0v) is 12.0. The number of halogens is 2. The Balaban J connectivity index is 2.11. The molecule has 0 saturated heterocycles. The van der Waals surface area contributed by atoms with Gasteiger partial charge in [0, 0.05) is 6.07 Å². The van der Waals surface area contributed by atoms with Crippen molar-refractivity contribution in [2.75, 3.05) is 5.32 Å². The van der Waals surface area contributed by atoms with Crippen LogP contribution in [0.3, 0.4) is 0 Å². The lowest BCUT2D eigenvalue weighted by molar-refractivity contribution is -0.112. The van der Waals surface area contributed by atoms with Gasteiger partial charge in [-0.3, -0.25) is 4.79 Å². The van der Waals surface area contributed by atoms with Crippen LogP contribution < -0.4 is 5.32 Å². The van der Waals surface area contributed by atoms with Crippen LogP contribution in [0.15, 0.2) is 66.3 Å². The van der Waals surface area contributed by atoms with Crippen molar-refractivity contribution in [3.8, 4) is 6.07 Å². The van der Waals surface area contributed by atoms with Gasteiger partial charge in [-0.15, -0.1) is 0 Å². The van der Waals surface area contributed by atoms with Crippen molar-refractivity contribution in [2.24, 2.45) is 0 Å². The molecule has 0 aliphatic carbocycles. The van der Waals surface area contributed by atoms with E-state index in [2.05, 4.69) is 5.32 Å². The van der Waals surface area contributed by atoms with E-state index >= 15 is 0 Å². The zero-order valence-electron chi connectivity index (χ0n) is 12.0. The summed E-state index contributed by atoms with van der Waals surface area (Å²) < 4.78 is 26.3. The average molecular weight is 310 g/mol. The summed E-state index contributed by atoms with van der Waals surface area (Å²) in [6.45, 7) is 0. The minimum atomic E-state index is -0.907. The predicted octanol–water partition coefficient (Wildman–Crippen LogP) is 4.07. The molecular weight excluding hydrogens is 298 g/mol. The molecule has 23 heavy (non-hydrogen) atoms. The number of nitriles is 1. The van der Waals surface area contributed by atoms with Crippen LogP contribution >= 0.6 is 0 Å². The average Bonchev–Trinajstić information content (AvgIpc) is 2.55. The predicted molar refractivity (Wildman–Crippen MR) is 84.2 cm³/mol. The van der Waals surface area contributed by atoms with E-state index in [0.29, 0.717) is 6.07 Å². The van der Waals surface area contributed by atoms with Crippen LogP contribution in [0.25, 0.3) is 6.08 Å². The molecule has 1 N–H and O–H groups in total. The summed E-state index contributed by atoms with van der Waals surface area (Å²) in [6.07, 6.45) is 4.60. The van der Waals surface area contributed by atoms with E-state index in [4.69, 9.17) is 5.26 Å². The summed E-state index contributed by atoms with van der Waals surface area (Å²) in [5, 5.41) is 11.3. The molecule has 3 nitrogen and oxygen atoms in total. The molecule has 0 aliphatic heterocycles. The molecule has 0 unspecified atom stereocenters. The van der Waals surface area contributed by atoms with E-state index in [1.54, 1.807) is 18.2 Å². The zero-order chi connectivity index (χ0) is 16.7. The Labute approximate surface area is 132 Å². The first kappa shape index (κ1) is 16.1. The van der Waals surface area contributed by atoms with Gasteiger partial charge in [0.2, 0.25) is 0 Å². The summed E-state index contributed by atoms with van der Waals surface area (Å²) in [5.74, 6) is -2.42. The maximum absolute atomic E-state index is 13.5. The number of carbonyl (C=O) groups excluding carboxylic acids is 1. The van der Waals surface area contributed by atoms with E-state index in [1.807, 2.05) is 30.3 Å². The summed E-state index contributed by atoms with van der Waals surface area (Å²) in [7, 11) is 0. The number of nitrogens with one attached hydrogen (secondary N) is 1. The molecule has 2 aromatic carbocycles. The summed E-state index contributed by atoms with van der Waals surface area (Å²) in [4.78, 5) is 11.9. The first-order valence-corrected chi connectivity index (χ1v) is 6.70. The van der Waals surface area contributed by atoms with Gasteiger partial charge in [-0.25, -0.2) is 8.78 Å². The number of allylic oxidation sites excluding steroid dienone is 2. The number of amides is 1. The second kappa shape index (κ2) is 7.66. The number of benzene rings is 2. The molecule has 0 bridgehead atoms. The second-order valence-electron chi connectivity index (χ2n) is 4.54. The third kappa shape index (κ3) is 4.61. The van der Waals surface area contributed by atoms with E-state index in [-0.39, 0.29) is 11.3 Å². The van der Waals surface area contributed by atoms with Crippen LogP contribution in [-0.4, -0.2) is 5.91 Å². The number of rotatable bonds is 4. The molecule has 0 atom stereocenters. The van der Waals surface area contributed by atoms with Crippen LogP contribution in [0.5, 0.6) is 0 Å². The summed E-state index contributed by atoms with van der Waals surface area (Å²) in [6, 6.07) is 13.8. The van der Waals surface area contributed by atoms with Crippen molar-refractivity contribution >= 4 is 17.7 Å². The Hall–Kier alpha value is -3.26. The van der Waals surface area contributed by atoms with Gasteiger partial charge in [0.05, 0.1) is 5.69 Å². The standard InChI is InChI=1S/C18H12F2N2O/c19-15-9-10-17(16(20)11-15)22-18(23)14(12-21)8-4-7-13-5-2-1-3-6-13/h1-11H,(H,22,23)/b7-4+,14-8+. The molecule has 1 amide bonds. The third-order valence-electron chi connectivity index (χ3n) is 2.90. The molecule has 114 valence electrons. The Bertz CT molecular complexity index is 806. The van der Waals surface area contributed by atoms with Crippen LogP contribution in [0.4, 0.5) is 14.5 Å².